The van der Waals surface area contributed by atoms with Crippen molar-refractivity contribution in [2.24, 2.45) is 16.7 Å². The Kier molecular flexibility index (Phi) is 4.63. The summed E-state index contributed by atoms with van der Waals surface area (Å²) in [4.78, 5) is 6.07. The molecule has 0 aliphatic carbocycles. The molecule has 0 aliphatic heterocycles. The van der Waals surface area contributed by atoms with Gasteiger partial charge >= 0.3 is 0 Å². The number of nitrogens with zero attached hydrogens (tertiary/aromatic N) is 2. The number of rotatable bonds is 4. The zero-order valence-electron chi connectivity index (χ0n) is 16.0. The summed E-state index contributed by atoms with van der Waals surface area (Å²) < 4.78 is 0. The van der Waals surface area contributed by atoms with Gasteiger partial charge in [0.15, 0.2) is 5.84 Å². The van der Waals surface area contributed by atoms with Crippen molar-refractivity contribution >= 4 is 38.8 Å². The lowest BCUT2D eigenvalue weighted by Gasteiger charge is -2.13. The molecule has 0 unspecified atom stereocenters. The topological polar surface area (TPSA) is 89.3 Å². The summed E-state index contributed by atoms with van der Waals surface area (Å²) in [6.45, 7) is 0. The van der Waals surface area contributed by atoms with Gasteiger partial charge in [-0.3, -0.25) is 0 Å². The summed E-state index contributed by atoms with van der Waals surface area (Å²) in [5.41, 5.74) is 13.1. The lowest BCUT2D eigenvalue weighted by molar-refractivity contribution is 0.803. The molecular formula is C24H21N5S. The molecule has 0 saturated heterocycles. The number of fused-ring (bicyclic) bond motifs is 2. The fourth-order valence-electron chi connectivity index (χ4n) is 3.76. The van der Waals surface area contributed by atoms with Gasteiger partial charge in [0.1, 0.15) is 5.69 Å². The van der Waals surface area contributed by atoms with Crippen molar-refractivity contribution in [3.63, 3.8) is 0 Å². The largest absolute Gasteiger partial charge is 0.380 e. The Morgan fingerprint density at radius 2 is 1.77 bits per heavy atom. The summed E-state index contributed by atoms with van der Waals surface area (Å²) >= 11 is 1.73. The Morgan fingerprint density at radius 1 is 0.900 bits per heavy atom. The predicted octanol–water partition coefficient (Wildman–Crippen LogP) is 5.11. The molecule has 5 N–H and O–H groups in total. The van der Waals surface area contributed by atoms with Crippen molar-refractivity contribution in [2.75, 3.05) is 0 Å². The van der Waals surface area contributed by atoms with E-state index >= 15 is 0 Å². The Labute approximate surface area is 179 Å². The molecule has 5 nitrogen and oxygen atoms in total. The van der Waals surface area contributed by atoms with E-state index in [9.17, 15) is 0 Å². The molecular weight excluding hydrogens is 390 g/mol. The molecule has 0 atom stereocenters. The molecule has 0 bridgehead atoms. The number of thiophene rings is 1. The third kappa shape index (κ3) is 3.18. The van der Waals surface area contributed by atoms with Crippen LogP contribution in [-0.2, 0) is 0 Å². The number of nitrogens with one attached hydrogen (secondary N) is 1. The molecule has 5 rings (SSSR count). The van der Waals surface area contributed by atoms with Crippen LogP contribution in [0.25, 0.3) is 43.2 Å². The minimum atomic E-state index is 0. The highest BCUT2D eigenvalue weighted by Crippen LogP contribution is 2.37. The Bertz CT molecular complexity index is 1390. The summed E-state index contributed by atoms with van der Waals surface area (Å²) in [6.07, 6.45) is 0. The van der Waals surface area contributed by atoms with Gasteiger partial charge in [-0.15, -0.1) is 16.4 Å². The Hall–Kier alpha value is -3.74. The zero-order valence-corrected chi connectivity index (χ0v) is 16.9. The number of hydrogen-bond acceptors (Lipinski definition) is 5. The molecule has 30 heavy (non-hydrogen) atoms. The first-order chi connectivity index (χ1) is 14.7. The number of amidine groups is 1. The fourth-order valence-corrected chi connectivity index (χ4v) is 4.47. The second-order valence-corrected chi connectivity index (χ2v) is 7.87. The lowest BCUT2D eigenvalue weighted by atomic mass is 9.94. The van der Waals surface area contributed by atoms with E-state index in [1.807, 2.05) is 12.1 Å². The van der Waals surface area contributed by atoms with Crippen LogP contribution in [0.4, 0.5) is 0 Å². The third-order valence-electron chi connectivity index (χ3n) is 5.13. The zero-order chi connectivity index (χ0) is 20.5. The first-order valence-corrected chi connectivity index (χ1v) is 10.4. The van der Waals surface area contributed by atoms with Crippen LogP contribution >= 0.6 is 11.3 Å². The minimum Gasteiger partial charge on any atom is -0.380 e. The van der Waals surface area contributed by atoms with Gasteiger partial charge in [0.2, 0.25) is 0 Å². The number of nitrogens with two attached hydrogens (primary N) is 2. The van der Waals surface area contributed by atoms with Gasteiger partial charge in [-0.1, -0.05) is 54.6 Å². The molecule has 0 aliphatic rings. The molecule has 2 aromatic heterocycles. The molecule has 0 spiro atoms. The average molecular weight is 412 g/mol. The average Bonchev–Trinajstić information content (AvgIpc) is 3.33. The van der Waals surface area contributed by atoms with E-state index in [0.29, 0.717) is 5.69 Å². The number of hydrazone groups is 1. The Morgan fingerprint density at radius 3 is 2.60 bits per heavy atom. The molecule has 0 amide bonds. The van der Waals surface area contributed by atoms with Crippen molar-refractivity contribution in [3.8, 4) is 21.6 Å². The first kappa shape index (κ1) is 18.3. The highest BCUT2D eigenvalue weighted by atomic mass is 32.1. The molecule has 6 heteroatoms. The molecule has 0 fully saturated rings. The quantitative estimate of drug-likeness (QED) is 0.166. The van der Waals surface area contributed by atoms with Gasteiger partial charge in [-0.2, -0.15) is 0 Å². The second kappa shape index (κ2) is 7.59. The number of hydrogen-bond donors (Lipinski definition) is 3. The first-order valence-electron chi connectivity index (χ1n) is 9.50. The Balaban J connectivity index is 0.00000231. The van der Waals surface area contributed by atoms with Crippen molar-refractivity contribution in [1.82, 2.24) is 10.5 Å². The maximum atomic E-state index is 6.03. The van der Waals surface area contributed by atoms with E-state index in [-0.39, 0.29) is 7.26 Å². The van der Waals surface area contributed by atoms with E-state index in [0.717, 1.165) is 22.0 Å². The molecule has 148 valence electrons. The van der Waals surface area contributed by atoms with E-state index in [1.54, 1.807) is 11.3 Å². The van der Waals surface area contributed by atoms with Crippen LogP contribution < -0.4 is 17.1 Å². The smallest absolute Gasteiger partial charge is 0.170 e. The van der Waals surface area contributed by atoms with Crippen LogP contribution in [-0.4, -0.2) is 10.8 Å². The molecule has 0 saturated carbocycles. The van der Waals surface area contributed by atoms with Crippen LogP contribution in [0.2, 0.25) is 0 Å². The van der Waals surface area contributed by atoms with Crippen molar-refractivity contribution in [2.45, 2.75) is 0 Å². The molecule has 5 aromatic rings. The van der Waals surface area contributed by atoms with Gasteiger partial charge in [-0.05, 0) is 51.5 Å². The van der Waals surface area contributed by atoms with E-state index < -0.39 is 0 Å². The van der Waals surface area contributed by atoms with E-state index in [4.69, 9.17) is 16.6 Å². The molecule has 3 aromatic carbocycles. The van der Waals surface area contributed by atoms with Crippen LogP contribution in [0.3, 0.4) is 0 Å². The van der Waals surface area contributed by atoms with Gasteiger partial charge in [0.05, 0.1) is 5.52 Å². The summed E-state index contributed by atoms with van der Waals surface area (Å²) in [6, 6.07) is 27.2. The summed E-state index contributed by atoms with van der Waals surface area (Å²) in [7, 11) is 0. The summed E-state index contributed by atoms with van der Waals surface area (Å²) in [5, 5.41) is 9.38. The number of hydrazine groups is 1. The molecule has 0 radical (unpaired) electrons. The second-order valence-electron chi connectivity index (χ2n) is 6.92. The summed E-state index contributed by atoms with van der Waals surface area (Å²) in [5.74, 6) is 5.53. The maximum Gasteiger partial charge on any atom is 0.170 e. The normalized spacial score (nSPS) is 11.8. The van der Waals surface area contributed by atoms with Crippen molar-refractivity contribution in [1.29, 1.82) is 0 Å². The lowest BCUT2D eigenvalue weighted by Crippen LogP contribution is -2.23. The van der Waals surface area contributed by atoms with Gasteiger partial charge in [-0.25, -0.2) is 16.4 Å². The maximum absolute atomic E-state index is 6.03. The van der Waals surface area contributed by atoms with Crippen LogP contribution in [0, 0.1) is 0 Å². The van der Waals surface area contributed by atoms with Crippen molar-refractivity contribution < 1.29 is 1.43 Å². The highest BCUT2D eigenvalue weighted by molar-refractivity contribution is 7.13. The standard InChI is InChI=1S/C24H19N5S.H2/c25-24(28-29-26)21-11-10-16-13-17(22-9-4-12-30-22)14-20(23(16)27-21)19-8-3-6-15-5-1-2-7-18(15)19;/h1-14,29H,26H2,(H2,25,28);1H. The number of aromatic nitrogens is 1. The van der Waals surface area contributed by atoms with Crippen LogP contribution in [0.15, 0.2) is 89.3 Å². The highest BCUT2D eigenvalue weighted by Gasteiger charge is 2.14. The van der Waals surface area contributed by atoms with Crippen molar-refractivity contribution in [3.05, 3.63) is 89.9 Å². The monoisotopic (exact) mass is 411 g/mol. The van der Waals surface area contributed by atoms with Gasteiger partial charge in [0.25, 0.3) is 0 Å². The fraction of sp³-hybridized carbons (Fsp3) is 0. The van der Waals surface area contributed by atoms with Crippen LogP contribution in [0.5, 0.6) is 0 Å². The van der Waals surface area contributed by atoms with E-state index in [2.05, 4.69) is 82.7 Å². The van der Waals surface area contributed by atoms with E-state index in [1.165, 1.54) is 21.2 Å². The van der Waals surface area contributed by atoms with Gasteiger partial charge in [0, 0.05) is 17.3 Å². The molecule has 2 heterocycles. The SMILES string of the molecule is NN/N=C(\N)c1ccc2cc(-c3cccs3)cc(-c3cccc4ccccc34)c2n1.[HH]. The number of pyridine rings is 1. The predicted molar refractivity (Wildman–Crippen MR) is 128 cm³/mol. The number of benzene rings is 3. The minimum absolute atomic E-state index is 0. The van der Waals surface area contributed by atoms with Crippen LogP contribution in [0.1, 0.15) is 7.12 Å². The van der Waals surface area contributed by atoms with Gasteiger partial charge < -0.3 is 5.73 Å². The third-order valence-corrected chi connectivity index (χ3v) is 6.04.